The van der Waals surface area contributed by atoms with Gasteiger partial charge in [-0.05, 0) is 61.6 Å². The summed E-state index contributed by atoms with van der Waals surface area (Å²) in [5, 5.41) is 9.22. The Kier molecular flexibility index (Phi) is 13.5. The number of hydrogen-bond donors (Lipinski definition) is 0. The van der Waals surface area contributed by atoms with Crippen molar-refractivity contribution in [1.82, 2.24) is 4.90 Å². The predicted molar refractivity (Wildman–Crippen MR) is 160 cm³/mol. The van der Waals surface area contributed by atoms with E-state index in [1.54, 1.807) is 0 Å². The number of hydrogen-bond acceptors (Lipinski definition) is 3. The topological polar surface area (TPSA) is 28.0 Å². The van der Waals surface area contributed by atoms with Crippen molar-refractivity contribution in [3.63, 3.8) is 0 Å². The second-order valence-electron chi connectivity index (χ2n) is 12.7. The number of fused-ring (bicyclic) bond motifs is 1. The lowest BCUT2D eigenvalue weighted by Crippen LogP contribution is -2.34. The van der Waals surface area contributed by atoms with Gasteiger partial charge in [-0.1, -0.05) is 105 Å². The van der Waals surface area contributed by atoms with Gasteiger partial charge >= 0.3 is 0 Å². The summed E-state index contributed by atoms with van der Waals surface area (Å²) in [6.07, 6.45) is 8.03. The molecule has 3 nitrogen and oxygen atoms in total. The van der Waals surface area contributed by atoms with Crippen LogP contribution in [-0.2, 0) is 6.54 Å². The van der Waals surface area contributed by atoms with Crippen molar-refractivity contribution in [2.45, 2.75) is 113 Å². The smallest absolute Gasteiger partial charge is 0.116 e. The molecule has 1 aliphatic heterocycles. The molecule has 1 aromatic rings. The molecular weight excluding hydrogens is 456 g/mol. The summed E-state index contributed by atoms with van der Waals surface area (Å²) in [5.74, 6) is 2.92. The number of halogens is 1. The molecule has 2 unspecified atom stereocenters. The molecule has 2 aliphatic rings. The monoisotopic (exact) mass is 512 g/mol. The first-order chi connectivity index (χ1) is 17.5. The highest BCUT2D eigenvalue weighted by atomic mass is 18.2. The Morgan fingerprint density at radius 1 is 0.865 bits per heavy atom. The lowest BCUT2D eigenvalue weighted by atomic mass is 9.74. The van der Waals surface area contributed by atoms with Crippen molar-refractivity contribution in [1.29, 1.82) is 0 Å². The summed E-state index contributed by atoms with van der Waals surface area (Å²) in [5.41, 5.74) is 4.81. The minimum Gasteiger partial charge on any atom is -0.299 e. The maximum Gasteiger partial charge on any atom is 0.116 e. The minimum absolute atomic E-state index is 0.0785. The molecule has 3 rings (SSSR count). The third kappa shape index (κ3) is 9.93. The Hall–Kier alpha value is -1.55. The molecular formula is C33H56FN3. The highest BCUT2D eigenvalue weighted by Gasteiger charge is 2.32. The molecule has 37 heavy (non-hydrogen) atoms. The first kappa shape index (κ1) is 31.7. The number of benzene rings is 1. The van der Waals surface area contributed by atoms with E-state index in [1.165, 1.54) is 61.1 Å². The summed E-state index contributed by atoms with van der Waals surface area (Å²) >= 11 is 0. The van der Waals surface area contributed by atoms with Gasteiger partial charge in [-0.25, -0.2) is 4.39 Å². The molecule has 0 saturated heterocycles. The Balaban J connectivity index is 0.00000112. The van der Waals surface area contributed by atoms with Crippen LogP contribution in [-0.4, -0.2) is 36.1 Å². The van der Waals surface area contributed by atoms with Crippen LogP contribution in [0.25, 0.3) is 0 Å². The van der Waals surface area contributed by atoms with E-state index >= 15 is 0 Å². The second-order valence-corrected chi connectivity index (χ2v) is 12.7. The van der Waals surface area contributed by atoms with E-state index in [4.69, 9.17) is 0 Å². The van der Waals surface area contributed by atoms with Crippen molar-refractivity contribution < 1.29 is 4.39 Å². The fourth-order valence-electron chi connectivity index (χ4n) is 5.71. The van der Waals surface area contributed by atoms with E-state index < -0.39 is 6.17 Å². The summed E-state index contributed by atoms with van der Waals surface area (Å²) in [6, 6.07) is 8.79. The third-order valence-corrected chi connectivity index (χ3v) is 8.60. The Bertz CT molecular complexity index is 841. The molecule has 0 bridgehead atoms. The van der Waals surface area contributed by atoms with E-state index in [0.717, 1.165) is 18.9 Å². The van der Waals surface area contributed by atoms with Crippen LogP contribution in [0.5, 0.6) is 0 Å². The maximum atomic E-state index is 15.0. The first-order valence-electron chi connectivity index (χ1n) is 15.1. The van der Waals surface area contributed by atoms with Crippen LogP contribution < -0.4 is 0 Å². The van der Waals surface area contributed by atoms with Gasteiger partial charge in [-0.2, -0.15) is 10.2 Å². The van der Waals surface area contributed by atoms with Crippen molar-refractivity contribution >= 4 is 11.4 Å². The third-order valence-electron chi connectivity index (χ3n) is 8.60. The zero-order chi connectivity index (χ0) is 27.5. The number of nitrogens with zero attached hydrogens (tertiary/aromatic N) is 3. The molecule has 1 aliphatic carbocycles. The molecule has 0 radical (unpaired) electrons. The summed E-state index contributed by atoms with van der Waals surface area (Å²) in [6.45, 7) is 18.6. The predicted octanol–water partition coefficient (Wildman–Crippen LogP) is 9.20. The van der Waals surface area contributed by atoms with E-state index in [0.29, 0.717) is 30.2 Å². The van der Waals surface area contributed by atoms with Gasteiger partial charge in [0.15, 0.2) is 0 Å². The average molecular weight is 513 g/mol. The average Bonchev–Trinajstić information content (AvgIpc) is 2.83. The molecule has 0 aromatic heterocycles. The normalized spacial score (nSPS) is 23.5. The zero-order valence-corrected chi connectivity index (χ0v) is 25.4. The van der Waals surface area contributed by atoms with Gasteiger partial charge < -0.3 is 0 Å². The van der Waals surface area contributed by atoms with Crippen LogP contribution in [0.2, 0.25) is 0 Å². The van der Waals surface area contributed by atoms with E-state index in [1.807, 2.05) is 7.05 Å². The highest BCUT2D eigenvalue weighted by Crippen LogP contribution is 2.34. The van der Waals surface area contributed by atoms with Crippen LogP contribution in [0, 0.1) is 35.5 Å². The zero-order valence-electron chi connectivity index (χ0n) is 25.4. The number of rotatable bonds is 9. The minimum atomic E-state index is -0.799. The van der Waals surface area contributed by atoms with Crippen LogP contribution in [0.4, 0.5) is 4.39 Å². The quantitative estimate of drug-likeness (QED) is 0.324. The molecule has 1 heterocycles. The van der Waals surface area contributed by atoms with Crippen LogP contribution in [0.15, 0.2) is 34.5 Å². The van der Waals surface area contributed by atoms with Crippen molar-refractivity contribution in [3.8, 4) is 0 Å². The van der Waals surface area contributed by atoms with Crippen LogP contribution >= 0.6 is 0 Å². The van der Waals surface area contributed by atoms with Gasteiger partial charge in [0.1, 0.15) is 6.17 Å². The van der Waals surface area contributed by atoms with Gasteiger partial charge in [-0.15, -0.1) is 0 Å². The molecule has 0 spiro atoms. The summed E-state index contributed by atoms with van der Waals surface area (Å²) in [4.78, 5) is 2.12. The molecule has 0 N–H and O–H groups in total. The fourth-order valence-corrected chi connectivity index (χ4v) is 5.71. The Morgan fingerprint density at radius 2 is 1.43 bits per heavy atom. The lowest BCUT2D eigenvalue weighted by Gasteiger charge is -2.32. The molecule has 1 aromatic carbocycles. The molecule has 6 atom stereocenters. The molecule has 1 fully saturated rings. The summed E-state index contributed by atoms with van der Waals surface area (Å²) < 4.78 is 15.0. The van der Waals surface area contributed by atoms with Gasteiger partial charge in [-0.3, -0.25) is 4.90 Å². The van der Waals surface area contributed by atoms with Crippen molar-refractivity contribution in [2.75, 3.05) is 13.6 Å². The fraction of sp³-hybridized carbons (Fsp3) is 0.758. The van der Waals surface area contributed by atoms with Crippen LogP contribution in [0.1, 0.15) is 111 Å². The first-order valence-corrected chi connectivity index (χ1v) is 15.1. The van der Waals surface area contributed by atoms with E-state index in [9.17, 15) is 4.39 Å². The second kappa shape index (κ2) is 15.8. The summed E-state index contributed by atoms with van der Waals surface area (Å²) in [7, 11) is 2.03. The van der Waals surface area contributed by atoms with E-state index in [-0.39, 0.29) is 5.92 Å². The lowest BCUT2D eigenvalue weighted by molar-refractivity contribution is 0.112. The maximum absolute atomic E-state index is 15.0. The molecule has 4 heteroatoms. The SMILES string of the molecule is CC(C)C.CC[C@@H](C)[C@@H](C)[C@H](C)[C@@H]([18F])CN(C)Cc1ccc(C2=NN=C(C)C3CCCCCCC23)cc1. The Labute approximate surface area is 228 Å². The molecule has 1 saturated carbocycles. The highest BCUT2D eigenvalue weighted by molar-refractivity contribution is 6.06. The van der Waals surface area contributed by atoms with Crippen molar-refractivity contribution in [2.24, 2.45) is 45.7 Å². The van der Waals surface area contributed by atoms with Crippen molar-refractivity contribution in [3.05, 3.63) is 35.4 Å². The largest absolute Gasteiger partial charge is 0.299 e. The van der Waals surface area contributed by atoms with Gasteiger partial charge in [0.05, 0.1) is 5.71 Å². The standard InChI is InChI=1S/C29H46FN3.C4H10/c1-7-20(2)21(3)22(4)28(30)19-33(6)18-24-14-16-25(17-15-24)29-27-13-11-9-8-10-12-26(27)23(5)31-32-29;1-4(2)3/h14-17,20-22,26-28H,7-13,18-19H2,1-6H3;4H,1-3H3/t20-,21-,22+,26?,27?,28+;/m1./s1/i30-1;. The van der Waals surface area contributed by atoms with Gasteiger partial charge in [0.25, 0.3) is 0 Å². The molecule has 210 valence electrons. The van der Waals surface area contributed by atoms with Crippen LogP contribution in [0.3, 0.4) is 0 Å². The van der Waals surface area contributed by atoms with Gasteiger partial charge in [0.2, 0.25) is 0 Å². The van der Waals surface area contributed by atoms with E-state index in [2.05, 4.69) is 94.8 Å². The van der Waals surface area contributed by atoms with Gasteiger partial charge in [0, 0.05) is 30.6 Å². The Morgan fingerprint density at radius 3 is 2.00 bits per heavy atom. The molecule has 0 amide bonds. The number of alkyl halides is 1.